The molecule has 1 aliphatic heterocycles. The zero-order valence-electron chi connectivity index (χ0n) is 8.59. The minimum atomic E-state index is -0.171. The lowest BCUT2D eigenvalue weighted by Crippen LogP contribution is -2.25. The first-order valence-corrected chi connectivity index (χ1v) is 5.63. The molecule has 2 unspecified atom stereocenters. The van der Waals surface area contributed by atoms with Crippen molar-refractivity contribution in [3.05, 3.63) is 24.0 Å². The fourth-order valence-electron chi connectivity index (χ4n) is 2.70. The molecule has 1 heterocycles. The maximum absolute atomic E-state index is 13.0. The molecule has 0 aromatic heterocycles. The topological polar surface area (TPSA) is 24.1 Å². The van der Waals surface area contributed by atoms with Gasteiger partial charge in [0.25, 0.3) is 0 Å². The van der Waals surface area contributed by atoms with Crippen LogP contribution in [-0.4, -0.2) is 12.6 Å². The third-order valence-corrected chi connectivity index (χ3v) is 3.54. The zero-order valence-corrected chi connectivity index (χ0v) is 8.59. The molecule has 80 valence electrons. The van der Waals surface area contributed by atoms with E-state index in [4.69, 9.17) is 0 Å². The van der Waals surface area contributed by atoms with Crippen LogP contribution in [0.1, 0.15) is 19.3 Å². The molecule has 1 fully saturated rings. The highest BCUT2D eigenvalue weighted by molar-refractivity contribution is 5.70. The normalized spacial score (nSPS) is 28.3. The molecule has 1 aliphatic carbocycles. The van der Waals surface area contributed by atoms with E-state index in [9.17, 15) is 4.39 Å². The van der Waals surface area contributed by atoms with Crippen LogP contribution < -0.4 is 10.6 Å². The van der Waals surface area contributed by atoms with Gasteiger partial charge in [0.15, 0.2) is 0 Å². The Morgan fingerprint density at radius 1 is 1.20 bits per heavy atom. The fraction of sp³-hybridized carbons (Fsp3) is 0.500. The quantitative estimate of drug-likeness (QED) is 0.682. The van der Waals surface area contributed by atoms with Crippen LogP contribution >= 0.6 is 0 Å². The number of anilines is 2. The number of hydrogen-bond donors (Lipinski definition) is 2. The second-order valence-electron chi connectivity index (χ2n) is 4.51. The summed E-state index contributed by atoms with van der Waals surface area (Å²) >= 11 is 0. The molecule has 0 radical (unpaired) electrons. The third-order valence-electron chi connectivity index (χ3n) is 3.54. The molecule has 2 N–H and O–H groups in total. The molecule has 1 saturated carbocycles. The Bertz CT molecular complexity index is 378. The van der Waals surface area contributed by atoms with Crippen LogP contribution in [0.15, 0.2) is 18.2 Å². The van der Waals surface area contributed by atoms with Crippen molar-refractivity contribution in [3.63, 3.8) is 0 Å². The van der Waals surface area contributed by atoms with Crippen LogP contribution in [0.4, 0.5) is 15.8 Å². The summed E-state index contributed by atoms with van der Waals surface area (Å²) in [6.07, 6.45) is 3.82. The van der Waals surface area contributed by atoms with Crippen LogP contribution in [0.25, 0.3) is 0 Å². The largest absolute Gasteiger partial charge is 0.383 e. The highest BCUT2D eigenvalue weighted by Gasteiger charge is 2.29. The van der Waals surface area contributed by atoms with Crippen LogP contribution in [0.2, 0.25) is 0 Å². The number of fused-ring (bicyclic) bond motifs is 2. The Labute approximate surface area is 88.9 Å². The predicted octanol–water partition coefficient (Wildman–Crippen LogP) is 2.83. The van der Waals surface area contributed by atoms with Gasteiger partial charge in [0.2, 0.25) is 0 Å². The Balaban J connectivity index is 1.93. The molecule has 0 saturated heterocycles. The highest BCUT2D eigenvalue weighted by atomic mass is 19.1. The van der Waals surface area contributed by atoms with Gasteiger partial charge in [-0.2, -0.15) is 0 Å². The molecule has 2 aliphatic rings. The fourth-order valence-corrected chi connectivity index (χ4v) is 2.70. The lowest BCUT2D eigenvalue weighted by Gasteiger charge is -2.17. The van der Waals surface area contributed by atoms with Gasteiger partial charge in [-0.3, -0.25) is 0 Å². The van der Waals surface area contributed by atoms with Crippen LogP contribution in [0.3, 0.4) is 0 Å². The molecule has 0 spiro atoms. The monoisotopic (exact) mass is 206 g/mol. The first kappa shape index (κ1) is 9.01. The van der Waals surface area contributed by atoms with Gasteiger partial charge >= 0.3 is 0 Å². The van der Waals surface area contributed by atoms with Crippen molar-refractivity contribution in [2.75, 3.05) is 17.2 Å². The van der Waals surface area contributed by atoms with Gasteiger partial charge < -0.3 is 10.6 Å². The molecule has 1 aromatic rings. The molecule has 0 bridgehead atoms. The summed E-state index contributed by atoms with van der Waals surface area (Å²) < 4.78 is 13.0. The number of benzene rings is 1. The summed E-state index contributed by atoms with van der Waals surface area (Å²) in [5.74, 6) is 0.524. The minimum absolute atomic E-state index is 0.171. The molecular weight excluding hydrogens is 191 g/mol. The van der Waals surface area contributed by atoms with Crippen LogP contribution in [-0.2, 0) is 0 Å². The summed E-state index contributed by atoms with van der Waals surface area (Å²) in [6.45, 7) is 0.966. The first-order valence-electron chi connectivity index (χ1n) is 5.63. The highest BCUT2D eigenvalue weighted by Crippen LogP contribution is 2.34. The van der Waals surface area contributed by atoms with Crippen molar-refractivity contribution in [2.24, 2.45) is 5.92 Å². The van der Waals surface area contributed by atoms with E-state index in [1.807, 2.05) is 6.07 Å². The minimum Gasteiger partial charge on any atom is -0.383 e. The van der Waals surface area contributed by atoms with Gasteiger partial charge in [-0.25, -0.2) is 4.39 Å². The van der Waals surface area contributed by atoms with Crippen LogP contribution in [0.5, 0.6) is 0 Å². The Morgan fingerprint density at radius 2 is 2.13 bits per heavy atom. The van der Waals surface area contributed by atoms with Gasteiger partial charge in [0, 0.05) is 12.6 Å². The van der Waals surface area contributed by atoms with Gasteiger partial charge in [-0.1, -0.05) is 6.42 Å². The smallest absolute Gasteiger partial charge is 0.125 e. The Morgan fingerprint density at radius 3 is 3.07 bits per heavy atom. The van der Waals surface area contributed by atoms with Crippen molar-refractivity contribution in [2.45, 2.75) is 25.3 Å². The summed E-state index contributed by atoms with van der Waals surface area (Å²) in [4.78, 5) is 0. The second-order valence-corrected chi connectivity index (χ2v) is 4.51. The number of halogens is 1. The van der Waals surface area contributed by atoms with E-state index in [-0.39, 0.29) is 5.82 Å². The maximum Gasteiger partial charge on any atom is 0.125 e. The van der Waals surface area contributed by atoms with Gasteiger partial charge in [0.1, 0.15) is 5.82 Å². The predicted molar refractivity (Wildman–Crippen MR) is 59.6 cm³/mol. The Kier molecular flexibility index (Phi) is 2.04. The summed E-state index contributed by atoms with van der Waals surface area (Å²) in [7, 11) is 0. The van der Waals surface area contributed by atoms with Crippen molar-refractivity contribution < 1.29 is 4.39 Å². The van der Waals surface area contributed by atoms with Crippen molar-refractivity contribution in [3.8, 4) is 0 Å². The number of nitrogens with one attached hydrogen (secondary N) is 2. The lowest BCUT2D eigenvalue weighted by atomic mass is 10.0. The number of rotatable bonds is 0. The number of hydrogen-bond acceptors (Lipinski definition) is 2. The van der Waals surface area contributed by atoms with E-state index in [0.717, 1.165) is 17.9 Å². The molecule has 2 nitrogen and oxygen atoms in total. The standard InChI is InChI=1S/C12H15FN2/c13-9-4-5-11-12(6-9)14-7-8-2-1-3-10(8)15-11/h4-6,8,10,14-15H,1-3,7H2. The van der Waals surface area contributed by atoms with E-state index >= 15 is 0 Å². The molecule has 1 aromatic carbocycles. The summed E-state index contributed by atoms with van der Waals surface area (Å²) in [5.41, 5.74) is 1.95. The van der Waals surface area contributed by atoms with E-state index in [2.05, 4.69) is 10.6 Å². The van der Waals surface area contributed by atoms with Crippen LogP contribution in [0, 0.1) is 11.7 Å². The van der Waals surface area contributed by atoms with E-state index < -0.39 is 0 Å². The van der Waals surface area contributed by atoms with E-state index in [0.29, 0.717) is 12.0 Å². The molecule has 3 heteroatoms. The van der Waals surface area contributed by atoms with Gasteiger partial charge in [0.05, 0.1) is 11.4 Å². The molecule has 3 rings (SSSR count). The average molecular weight is 206 g/mol. The lowest BCUT2D eigenvalue weighted by molar-refractivity contribution is 0.537. The van der Waals surface area contributed by atoms with Crippen molar-refractivity contribution in [1.82, 2.24) is 0 Å². The Hall–Kier alpha value is -1.25. The molecule has 2 atom stereocenters. The summed E-state index contributed by atoms with van der Waals surface area (Å²) in [5, 5.41) is 6.85. The van der Waals surface area contributed by atoms with Crippen molar-refractivity contribution >= 4 is 11.4 Å². The third kappa shape index (κ3) is 1.56. The zero-order chi connectivity index (χ0) is 10.3. The summed E-state index contributed by atoms with van der Waals surface area (Å²) in [6, 6.07) is 5.49. The SMILES string of the molecule is Fc1ccc2c(c1)NCC1CCCC1N2. The van der Waals surface area contributed by atoms with Gasteiger partial charge in [-0.15, -0.1) is 0 Å². The average Bonchev–Trinajstić information content (AvgIpc) is 2.59. The molecular formula is C12H15FN2. The van der Waals surface area contributed by atoms with E-state index in [1.54, 1.807) is 6.07 Å². The van der Waals surface area contributed by atoms with Gasteiger partial charge in [-0.05, 0) is 37.0 Å². The molecule has 15 heavy (non-hydrogen) atoms. The van der Waals surface area contributed by atoms with E-state index in [1.165, 1.54) is 25.3 Å². The molecule has 0 amide bonds. The maximum atomic E-state index is 13.0. The second kappa shape index (κ2) is 3.40. The first-order chi connectivity index (χ1) is 7.33. The van der Waals surface area contributed by atoms with Crippen molar-refractivity contribution in [1.29, 1.82) is 0 Å².